The number of carbonyl (C=O) groups is 4. The van der Waals surface area contributed by atoms with E-state index in [1.54, 1.807) is 38.2 Å². The minimum absolute atomic E-state index is 0. The van der Waals surface area contributed by atoms with Gasteiger partial charge in [0.2, 0.25) is 28.2 Å². The summed E-state index contributed by atoms with van der Waals surface area (Å²) < 4.78 is 76.1. The van der Waals surface area contributed by atoms with E-state index < -0.39 is 47.4 Å². The van der Waals surface area contributed by atoms with E-state index in [0.29, 0.717) is 89.5 Å². The topological polar surface area (TPSA) is 283 Å². The van der Waals surface area contributed by atoms with Crippen molar-refractivity contribution >= 4 is 59.2 Å². The third kappa shape index (κ3) is 17.9. The maximum absolute atomic E-state index is 12.6. The predicted octanol–water partition coefficient (Wildman–Crippen LogP) is 1.34. The molecule has 2 aromatic carbocycles. The Hall–Kier alpha value is -5.62. The van der Waals surface area contributed by atoms with Gasteiger partial charge in [0, 0.05) is 95.2 Å². The second-order valence-corrected chi connectivity index (χ2v) is 19.3. The molecule has 9 rings (SSSR count). The second kappa shape index (κ2) is 30.1. The standard InChI is InChI=1S/C25H28N4O6.C15H20ClN3O5.C13H12BF3NO2.CH4.K/c1-3-34-23(30)20-19(26)22(35-18-8-13-33-14-9-18)28-21(27-20)17-6-4-5-16(15-17)7-10-25(32)11-12-29(2)24(25)31;16-15-18-12(14(20)24-10-3-7-22-8-4-10)11(17)13(19-15)23-9-1-5-21-6-2-9;1-18-8-7-13(20,12(18)19)6-5-10-3-2-4-11(9-10)14(15,16)17;;/h4-6,15,18,32H,3,8-9,11-14,26H2,1-2H3;9-10H,1-8,17H2;2-4,9,20H,7-8H2,1H3;1H4;/q;;-1;;+1/t25-;;13-;;/m0.0../s1. The number of nitrogen functional groups attached to an aromatic ring is 2. The summed E-state index contributed by atoms with van der Waals surface area (Å²) in [7, 11) is 3.16. The summed E-state index contributed by atoms with van der Waals surface area (Å²) >= 11 is 5.92. The number of likely N-dealkylation sites (N-methyl/N-ethyl adjacent to an activating group) is 2. The predicted molar refractivity (Wildman–Crippen MR) is 288 cm³/mol. The fraction of sp³-hybridized carbons (Fsp3) is 0.481. The molecule has 81 heavy (non-hydrogen) atoms. The Kier molecular flexibility index (Phi) is 24.6. The molecule has 7 heterocycles. The Balaban J connectivity index is 0.000000230. The fourth-order valence-electron chi connectivity index (χ4n) is 8.44. The van der Waals surface area contributed by atoms with Crippen molar-refractivity contribution in [2.24, 2.45) is 0 Å². The Bertz CT molecular complexity index is 3000. The first kappa shape index (κ1) is 66.2. The maximum atomic E-state index is 12.6. The summed E-state index contributed by atoms with van der Waals surface area (Å²) in [5, 5.41) is 20.5. The molecule has 5 fully saturated rings. The van der Waals surface area contributed by atoms with Gasteiger partial charge in [0.1, 0.15) is 29.7 Å². The van der Waals surface area contributed by atoms with Crippen molar-refractivity contribution in [2.45, 2.75) is 95.2 Å². The number of amides is 2. The molecule has 0 unspecified atom stereocenters. The monoisotopic (exact) mass is 1170 g/mol. The molecule has 2 amide bonds. The second-order valence-electron chi connectivity index (χ2n) is 18.9. The van der Waals surface area contributed by atoms with Crippen molar-refractivity contribution in [1.29, 1.82) is 0 Å². The van der Waals surface area contributed by atoms with Gasteiger partial charge < -0.3 is 77.6 Å². The van der Waals surface area contributed by atoms with Crippen molar-refractivity contribution in [2.75, 3.05) is 84.9 Å². The minimum atomic E-state index is -5.09. The van der Waals surface area contributed by atoms with Crippen molar-refractivity contribution in [3.8, 4) is 46.8 Å². The van der Waals surface area contributed by atoms with Gasteiger partial charge in [-0.15, -0.1) is 5.46 Å². The number of anilines is 2. The number of ether oxygens (including phenoxy) is 7. The number of hydrogen-bond donors (Lipinski definition) is 4. The Morgan fingerprint density at radius 3 is 1.64 bits per heavy atom. The molecule has 2 atom stereocenters. The molecule has 5 saturated heterocycles. The van der Waals surface area contributed by atoms with E-state index in [-0.39, 0.29) is 148 Å². The SMILES string of the molecule is C.CCOC(=O)c1nc(-c2cccc(C#C[C@]3(O)CCN(C)C3=O)c2)nc(OC2CCOCC2)c1N.CN1CC[C@@](O)(C#Cc2cccc([B-](F)(F)F)c2)C1=O.Nc1c(OC2CCOCC2)nc(Cl)nc1C(=O)OC1CCOCC1.[K+]. The summed E-state index contributed by atoms with van der Waals surface area (Å²) in [4.78, 5) is 68.3. The molecule has 0 saturated carbocycles. The van der Waals surface area contributed by atoms with Gasteiger partial charge in [0.15, 0.2) is 17.2 Å². The molecular formula is C54H64BClF3KN8O13. The third-order valence-corrected chi connectivity index (χ3v) is 13.2. The minimum Gasteiger partial charge on any atom is -0.473 e. The van der Waals surface area contributed by atoms with Crippen LogP contribution >= 0.6 is 11.6 Å². The number of esters is 2. The van der Waals surface area contributed by atoms with E-state index >= 15 is 0 Å². The summed E-state index contributed by atoms with van der Waals surface area (Å²) in [6.45, 7) is 1.07. The fourth-order valence-corrected chi connectivity index (χ4v) is 8.60. The van der Waals surface area contributed by atoms with Crippen LogP contribution in [0.1, 0.15) is 97.8 Å². The zero-order valence-electron chi connectivity index (χ0n) is 44.7. The number of nitrogens with two attached hydrogens (primary N) is 2. The Labute approximate surface area is 515 Å². The van der Waals surface area contributed by atoms with Crippen LogP contribution in [0.25, 0.3) is 11.4 Å². The van der Waals surface area contributed by atoms with Gasteiger partial charge in [0.25, 0.3) is 11.8 Å². The van der Waals surface area contributed by atoms with Gasteiger partial charge >= 0.3 is 70.3 Å². The number of aliphatic hydroxyl groups is 2. The van der Waals surface area contributed by atoms with Gasteiger partial charge in [-0.25, -0.2) is 19.6 Å². The van der Waals surface area contributed by atoms with Gasteiger partial charge in [-0.05, 0) is 36.7 Å². The number of hydrogen-bond acceptors (Lipinski definition) is 19. The Morgan fingerprint density at radius 1 is 0.716 bits per heavy atom. The Morgan fingerprint density at radius 2 is 1.17 bits per heavy atom. The summed E-state index contributed by atoms with van der Waals surface area (Å²) in [6.07, 6.45) is 4.06. The summed E-state index contributed by atoms with van der Waals surface area (Å²) in [5.41, 5.74) is 9.09. The van der Waals surface area contributed by atoms with E-state index in [9.17, 15) is 42.3 Å². The molecule has 4 aromatic rings. The van der Waals surface area contributed by atoms with Crippen LogP contribution in [-0.4, -0.2) is 174 Å². The van der Waals surface area contributed by atoms with Gasteiger partial charge in [-0.1, -0.05) is 61.4 Å². The molecule has 2 aromatic heterocycles. The average Bonchev–Trinajstić information content (AvgIpc) is 3.86. The number of likely N-dealkylation sites (tertiary alicyclic amines) is 2. The van der Waals surface area contributed by atoms with E-state index in [4.69, 9.17) is 56.2 Å². The van der Waals surface area contributed by atoms with Crippen LogP contribution in [0.4, 0.5) is 24.3 Å². The van der Waals surface area contributed by atoms with E-state index in [1.807, 2.05) is 0 Å². The molecule has 0 aliphatic carbocycles. The zero-order valence-corrected chi connectivity index (χ0v) is 48.6. The molecule has 6 N–H and O–H groups in total. The number of rotatable bonds is 10. The van der Waals surface area contributed by atoms with Crippen LogP contribution in [0.2, 0.25) is 5.28 Å². The van der Waals surface area contributed by atoms with Gasteiger partial charge in [0.05, 0.1) is 46.2 Å². The van der Waals surface area contributed by atoms with Crippen molar-refractivity contribution < 1.29 is 127 Å². The molecule has 0 bridgehead atoms. The van der Waals surface area contributed by atoms with Crippen LogP contribution < -0.4 is 77.8 Å². The molecule has 21 nitrogen and oxygen atoms in total. The third-order valence-electron chi connectivity index (χ3n) is 13.0. The quantitative estimate of drug-likeness (QED) is 0.0754. The number of halogens is 4. The summed E-state index contributed by atoms with van der Waals surface area (Å²) in [5.74, 6) is 8.60. The van der Waals surface area contributed by atoms with Crippen molar-refractivity contribution in [3.63, 3.8) is 0 Å². The first-order valence-electron chi connectivity index (χ1n) is 25.5. The molecule has 430 valence electrons. The average molecular weight is 1180 g/mol. The van der Waals surface area contributed by atoms with Crippen LogP contribution in [0.3, 0.4) is 0 Å². The number of benzene rings is 2. The molecule has 27 heteroatoms. The van der Waals surface area contributed by atoms with E-state index in [1.165, 1.54) is 29.0 Å². The van der Waals surface area contributed by atoms with E-state index in [0.717, 1.165) is 25.0 Å². The van der Waals surface area contributed by atoms with Crippen molar-refractivity contribution in [1.82, 2.24) is 29.7 Å². The zero-order chi connectivity index (χ0) is 56.9. The number of carbonyl (C=O) groups excluding carboxylic acids is 4. The molecule has 5 aliphatic heterocycles. The van der Waals surface area contributed by atoms with E-state index in [2.05, 4.69) is 43.6 Å². The number of aromatic nitrogens is 4. The van der Waals surface area contributed by atoms with Crippen molar-refractivity contribution in [3.05, 3.63) is 76.3 Å². The van der Waals surface area contributed by atoms with Crippen LogP contribution in [0.15, 0.2) is 48.5 Å². The van der Waals surface area contributed by atoms with Gasteiger partial charge in [-0.3, -0.25) is 9.59 Å². The summed E-state index contributed by atoms with van der Waals surface area (Å²) in [6, 6.07) is 11.5. The van der Waals surface area contributed by atoms with Crippen LogP contribution in [0.5, 0.6) is 11.8 Å². The number of nitrogens with zero attached hydrogens (tertiary/aromatic N) is 6. The van der Waals surface area contributed by atoms with Crippen LogP contribution in [0, 0.1) is 23.7 Å². The first-order chi connectivity index (χ1) is 37.7. The molecular weight excluding hydrogens is 1110 g/mol. The smallest absolute Gasteiger partial charge is 0.473 e. The molecule has 5 aliphatic rings. The normalized spacial score (nSPS) is 20.3. The molecule has 0 radical (unpaired) electrons. The largest absolute Gasteiger partial charge is 1.00 e. The molecule has 0 spiro atoms. The van der Waals surface area contributed by atoms with Gasteiger partial charge in [-0.2, -0.15) is 9.97 Å². The first-order valence-corrected chi connectivity index (χ1v) is 25.9. The maximum Gasteiger partial charge on any atom is 1.00 e. The van der Waals surface area contributed by atoms with Crippen LogP contribution in [-0.2, 0) is 33.3 Å².